The van der Waals surface area contributed by atoms with E-state index in [4.69, 9.17) is 5.11 Å². The first-order valence-electron chi connectivity index (χ1n) is 5.50. The molecular weight excluding hydrogens is 208 g/mol. The lowest BCUT2D eigenvalue weighted by molar-refractivity contribution is -0.160. The zero-order chi connectivity index (χ0) is 12.5. The first-order valence-corrected chi connectivity index (χ1v) is 5.50. The maximum Gasteiger partial charge on any atom is 0.318 e. The standard InChI is InChI=1S/C11H20N2O3/c1-8-7-12(4)5-6-13(8)9(14)11(2,3)10(15)16/h8H,5-7H2,1-4H3,(H,15,16). The van der Waals surface area contributed by atoms with Crippen LogP contribution in [0.1, 0.15) is 20.8 Å². The number of carbonyl (C=O) groups excluding carboxylic acids is 1. The fourth-order valence-corrected chi connectivity index (χ4v) is 1.89. The smallest absolute Gasteiger partial charge is 0.318 e. The third-order valence-corrected chi connectivity index (χ3v) is 3.16. The van der Waals surface area contributed by atoms with Crippen molar-refractivity contribution < 1.29 is 14.7 Å². The Morgan fingerprint density at radius 3 is 2.31 bits per heavy atom. The van der Waals surface area contributed by atoms with E-state index in [2.05, 4.69) is 4.90 Å². The van der Waals surface area contributed by atoms with E-state index in [0.717, 1.165) is 13.1 Å². The molecule has 92 valence electrons. The number of carboxylic acid groups (broad SMARTS) is 1. The van der Waals surface area contributed by atoms with Crippen LogP contribution in [0.2, 0.25) is 0 Å². The summed E-state index contributed by atoms with van der Waals surface area (Å²) in [5.41, 5.74) is -1.33. The number of carbonyl (C=O) groups is 2. The first-order chi connectivity index (χ1) is 7.26. The highest BCUT2D eigenvalue weighted by Gasteiger charge is 2.41. The van der Waals surface area contributed by atoms with Gasteiger partial charge in [0.25, 0.3) is 0 Å². The summed E-state index contributed by atoms with van der Waals surface area (Å²) in [7, 11) is 2.00. The molecule has 1 fully saturated rings. The van der Waals surface area contributed by atoms with Crippen LogP contribution in [0.3, 0.4) is 0 Å². The van der Waals surface area contributed by atoms with Crippen LogP contribution in [-0.4, -0.2) is 59.5 Å². The molecule has 5 heteroatoms. The number of piperazine rings is 1. The second-order valence-electron chi connectivity index (χ2n) is 5.04. The summed E-state index contributed by atoms with van der Waals surface area (Å²) in [5, 5.41) is 9.02. The fraction of sp³-hybridized carbons (Fsp3) is 0.818. The number of aliphatic carboxylic acids is 1. The van der Waals surface area contributed by atoms with Gasteiger partial charge in [0.05, 0.1) is 0 Å². The van der Waals surface area contributed by atoms with E-state index in [9.17, 15) is 9.59 Å². The number of likely N-dealkylation sites (N-methyl/N-ethyl adjacent to an activating group) is 1. The maximum atomic E-state index is 12.1. The number of rotatable bonds is 2. The van der Waals surface area contributed by atoms with Crippen LogP contribution < -0.4 is 0 Å². The van der Waals surface area contributed by atoms with E-state index in [1.54, 1.807) is 4.90 Å². The molecule has 1 heterocycles. The van der Waals surface area contributed by atoms with Gasteiger partial charge in [0.1, 0.15) is 5.41 Å². The van der Waals surface area contributed by atoms with Gasteiger partial charge in [-0.15, -0.1) is 0 Å². The number of hydrogen-bond acceptors (Lipinski definition) is 3. The molecule has 0 aromatic heterocycles. The van der Waals surface area contributed by atoms with Gasteiger partial charge in [-0.3, -0.25) is 9.59 Å². The Morgan fingerprint density at radius 2 is 1.88 bits per heavy atom. The van der Waals surface area contributed by atoms with Gasteiger partial charge in [0.2, 0.25) is 5.91 Å². The summed E-state index contributed by atoms with van der Waals surface area (Å²) in [4.78, 5) is 26.9. The molecule has 0 saturated carbocycles. The van der Waals surface area contributed by atoms with Crippen LogP contribution in [-0.2, 0) is 9.59 Å². The lowest BCUT2D eigenvalue weighted by atomic mass is 9.91. The van der Waals surface area contributed by atoms with E-state index >= 15 is 0 Å². The van der Waals surface area contributed by atoms with Crippen molar-refractivity contribution in [2.75, 3.05) is 26.7 Å². The molecule has 1 N–H and O–H groups in total. The van der Waals surface area contributed by atoms with Crippen molar-refractivity contribution in [1.29, 1.82) is 0 Å². The molecule has 1 amide bonds. The Kier molecular flexibility index (Phi) is 3.57. The molecule has 0 aromatic rings. The van der Waals surface area contributed by atoms with E-state index in [0.29, 0.717) is 6.54 Å². The van der Waals surface area contributed by atoms with Gasteiger partial charge in [-0.25, -0.2) is 0 Å². The highest BCUT2D eigenvalue weighted by atomic mass is 16.4. The third-order valence-electron chi connectivity index (χ3n) is 3.16. The molecule has 16 heavy (non-hydrogen) atoms. The van der Waals surface area contributed by atoms with Crippen molar-refractivity contribution in [2.45, 2.75) is 26.8 Å². The minimum atomic E-state index is -1.33. The molecule has 0 aromatic carbocycles. The van der Waals surface area contributed by atoms with Gasteiger partial charge in [-0.2, -0.15) is 0 Å². The van der Waals surface area contributed by atoms with Gasteiger partial charge >= 0.3 is 5.97 Å². The molecule has 1 atom stereocenters. The topological polar surface area (TPSA) is 60.9 Å². The number of carboxylic acids is 1. The monoisotopic (exact) mass is 228 g/mol. The Balaban J connectivity index is 2.78. The van der Waals surface area contributed by atoms with Crippen LogP contribution in [0.5, 0.6) is 0 Å². The molecule has 1 unspecified atom stereocenters. The van der Waals surface area contributed by atoms with Crippen molar-refractivity contribution in [3.63, 3.8) is 0 Å². The molecular formula is C11H20N2O3. The first kappa shape index (κ1) is 13.0. The van der Waals surface area contributed by atoms with Crippen LogP contribution in [0, 0.1) is 5.41 Å². The zero-order valence-electron chi connectivity index (χ0n) is 10.4. The average molecular weight is 228 g/mol. The van der Waals surface area contributed by atoms with E-state index < -0.39 is 11.4 Å². The Bertz CT molecular complexity index is 302. The molecule has 5 nitrogen and oxygen atoms in total. The predicted molar refractivity (Wildman–Crippen MR) is 60.1 cm³/mol. The molecule has 0 aliphatic carbocycles. The van der Waals surface area contributed by atoms with Crippen molar-refractivity contribution in [3.8, 4) is 0 Å². The highest BCUT2D eigenvalue weighted by molar-refractivity contribution is 6.01. The molecule has 1 aliphatic rings. The molecule has 0 spiro atoms. The zero-order valence-corrected chi connectivity index (χ0v) is 10.4. The molecule has 0 radical (unpaired) electrons. The van der Waals surface area contributed by atoms with Crippen LogP contribution in [0.15, 0.2) is 0 Å². The van der Waals surface area contributed by atoms with Gasteiger partial charge in [0.15, 0.2) is 0 Å². The second-order valence-corrected chi connectivity index (χ2v) is 5.04. The SMILES string of the molecule is CC1CN(C)CCN1C(=O)C(C)(C)C(=O)O. The lowest BCUT2D eigenvalue weighted by Gasteiger charge is -2.40. The van der Waals surface area contributed by atoms with Gasteiger partial charge in [-0.05, 0) is 27.8 Å². The van der Waals surface area contributed by atoms with Gasteiger partial charge < -0.3 is 14.9 Å². The fourth-order valence-electron chi connectivity index (χ4n) is 1.89. The van der Waals surface area contributed by atoms with E-state index in [-0.39, 0.29) is 11.9 Å². The van der Waals surface area contributed by atoms with E-state index in [1.165, 1.54) is 13.8 Å². The maximum absolute atomic E-state index is 12.1. The van der Waals surface area contributed by atoms with Crippen LogP contribution in [0.4, 0.5) is 0 Å². The molecule has 1 rings (SSSR count). The number of hydrogen-bond donors (Lipinski definition) is 1. The summed E-state index contributed by atoms with van der Waals surface area (Å²) in [5.74, 6) is -1.36. The van der Waals surface area contributed by atoms with Crippen molar-refractivity contribution >= 4 is 11.9 Å². The number of nitrogens with zero attached hydrogens (tertiary/aromatic N) is 2. The average Bonchev–Trinajstić information content (AvgIpc) is 2.16. The summed E-state index contributed by atoms with van der Waals surface area (Å²) in [6.45, 7) is 7.07. The second kappa shape index (κ2) is 4.41. The normalized spacial score (nSPS) is 23.2. The summed E-state index contributed by atoms with van der Waals surface area (Å²) in [6.07, 6.45) is 0. The van der Waals surface area contributed by atoms with Gasteiger partial charge in [0, 0.05) is 25.7 Å². The van der Waals surface area contributed by atoms with Crippen molar-refractivity contribution in [1.82, 2.24) is 9.80 Å². The Hall–Kier alpha value is -1.10. The highest BCUT2D eigenvalue weighted by Crippen LogP contribution is 2.22. The summed E-state index contributed by atoms with van der Waals surface area (Å²) in [6, 6.07) is 0.0740. The Morgan fingerprint density at radius 1 is 1.31 bits per heavy atom. The Labute approximate surface area is 96.0 Å². The molecule has 1 aliphatic heterocycles. The number of amides is 1. The minimum Gasteiger partial charge on any atom is -0.480 e. The van der Waals surface area contributed by atoms with Crippen molar-refractivity contribution in [3.05, 3.63) is 0 Å². The van der Waals surface area contributed by atoms with Crippen LogP contribution in [0.25, 0.3) is 0 Å². The molecule has 1 saturated heterocycles. The van der Waals surface area contributed by atoms with E-state index in [1.807, 2.05) is 14.0 Å². The lowest BCUT2D eigenvalue weighted by Crippen LogP contribution is -2.57. The minimum absolute atomic E-state index is 0.0740. The van der Waals surface area contributed by atoms with Crippen molar-refractivity contribution in [2.24, 2.45) is 5.41 Å². The summed E-state index contributed by atoms with van der Waals surface area (Å²) >= 11 is 0. The summed E-state index contributed by atoms with van der Waals surface area (Å²) < 4.78 is 0. The quantitative estimate of drug-likeness (QED) is 0.689. The predicted octanol–water partition coefficient (Wildman–Crippen LogP) is 0.260. The van der Waals surface area contributed by atoms with Gasteiger partial charge in [-0.1, -0.05) is 0 Å². The van der Waals surface area contributed by atoms with Crippen LogP contribution >= 0.6 is 0 Å². The third kappa shape index (κ3) is 2.35. The largest absolute Gasteiger partial charge is 0.480 e. The molecule has 0 bridgehead atoms.